The van der Waals surface area contributed by atoms with Crippen molar-refractivity contribution in [2.24, 2.45) is 0 Å². The third-order valence-electron chi connectivity index (χ3n) is 3.46. The second-order valence-electron chi connectivity index (χ2n) is 4.85. The Morgan fingerprint density at radius 1 is 1.00 bits per heavy atom. The fraction of sp³-hybridized carbons (Fsp3) is 0.571. The fourth-order valence-corrected chi connectivity index (χ4v) is 3.67. The molecule has 0 amide bonds. The zero-order chi connectivity index (χ0) is 12.4. The van der Waals surface area contributed by atoms with Crippen LogP contribution >= 0.6 is 11.8 Å². The lowest BCUT2D eigenvalue weighted by molar-refractivity contribution is 0.132. The Morgan fingerprint density at radius 2 is 1.72 bits per heavy atom. The van der Waals surface area contributed by atoms with Gasteiger partial charge in [0.2, 0.25) is 0 Å². The van der Waals surface area contributed by atoms with Crippen LogP contribution in [0.3, 0.4) is 0 Å². The van der Waals surface area contributed by atoms with Gasteiger partial charge in [-0.05, 0) is 43.9 Å². The first-order valence-electron chi connectivity index (χ1n) is 6.55. The monoisotopic (exact) mass is 266 g/mol. The molecule has 1 aromatic rings. The first-order chi connectivity index (χ1) is 8.81. The molecule has 1 fully saturated rings. The van der Waals surface area contributed by atoms with Crippen LogP contribution in [0.1, 0.15) is 25.7 Å². The number of benzene rings is 1. The zero-order valence-electron chi connectivity index (χ0n) is 10.3. The van der Waals surface area contributed by atoms with Crippen molar-refractivity contribution in [2.45, 2.75) is 41.9 Å². The number of fused-ring (bicyclic) bond motifs is 1. The first-order valence-corrected chi connectivity index (χ1v) is 7.43. The van der Waals surface area contributed by atoms with Crippen molar-refractivity contribution in [3.05, 3.63) is 18.2 Å². The van der Waals surface area contributed by atoms with E-state index in [-0.39, 0.29) is 6.10 Å². The smallest absolute Gasteiger partial charge is 0.162 e. The number of ether oxygens (including phenoxy) is 2. The SMILES string of the molecule is OC1CCC(Sc2ccc3c(c2)OCCO3)CC1. The maximum Gasteiger partial charge on any atom is 0.162 e. The molecule has 0 atom stereocenters. The molecule has 2 aliphatic rings. The molecule has 98 valence electrons. The molecule has 1 aromatic carbocycles. The minimum Gasteiger partial charge on any atom is -0.486 e. The van der Waals surface area contributed by atoms with Crippen LogP contribution in [0.15, 0.2) is 23.1 Å². The minimum absolute atomic E-state index is 0.0814. The van der Waals surface area contributed by atoms with E-state index < -0.39 is 0 Å². The molecule has 1 aliphatic carbocycles. The summed E-state index contributed by atoms with van der Waals surface area (Å²) in [7, 11) is 0. The number of hydrogen-bond acceptors (Lipinski definition) is 4. The molecular formula is C14H18O3S. The van der Waals surface area contributed by atoms with Gasteiger partial charge in [-0.2, -0.15) is 0 Å². The third-order valence-corrected chi connectivity index (χ3v) is 4.79. The average Bonchev–Trinajstić information content (AvgIpc) is 2.41. The summed E-state index contributed by atoms with van der Waals surface area (Å²) in [5, 5.41) is 10.1. The maximum absolute atomic E-state index is 9.51. The Morgan fingerprint density at radius 3 is 2.50 bits per heavy atom. The highest BCUT2D eigenvalue weighted by molar-refractivity contribution is 8.00. The fourth-order valence-electron chi connectivity index (χ4n) is 2.45. The van der Waals surface area contributed by atoms with E-state index in [1.165, 1.54) is 4.90 Å². The van der Waals surface area contributed by atoms with Crippen molar-refractivity contribution in [1.82, 2.24) is 0 Å². The second-order valence-corrected chi connectivity index (χ2v) is 6.23. The van der Waals surface area contributed by atoms with Crippen LogP contribution in [-0.2, 0) is 0 Å². The first kappa shape index (κ1) is 12.2. The summed E-state index contributed by atoms with van der Waals surface area (Å²) in [4.78, 5) is 1.24. The van der Waals surface area contributed by atoms with Crippen LogP contribution in [0, 0.1) is 0 Å². The van der Waals surface area contributed by atoms with Crippen molar-refractivity contribution >= 4 is 11.8 Å². The number of hydrogen-bond donors (Lipinski definition) is 1. The van der Waals surface area contributed by atoms with E-state index in [0.717, 1.165) is 37.2 Å². The molecule has 0 aromatic heterocycles. The molecule has 3 nitrogen and oxygen atoms in total. The normalized spacial score (nSPS) is 26.9. The van der Waals surface area contributed by atoms with Crippen molar-refractivity contribution < 1.29 is 14.6 Å². The van der Waals surface area contributed by atoms with E-state index in [2.05, 4.69) is 12.1 Å². The molecule has 1 heterocycles. The molecular weight excluding hydrogens is 248 g/mol. The highest BCUT2D eigenvalue weighted by Crippen LogP contribution is 2.38. The Hall–Kier alpha value is -0.870. The maximum atomic E-state index is 9.51. The van der Waals surface area contributed by atoms with Crippen molar-refractivity contribution in [3.63, 3.8) is 0 Å². The highest BCUT2D eigenvalue weighted by atomic mass is 32.2. The summed E-state index contributed by atoms with van der Waals surface area (Å²) >= 11 is 1.89. The topological polar surface area (TPSA) is 38.7 Å². The van der Waals surface area contributed by atoms with Gasteiger partial charge in [-0.3, -0.25) is 0 Å². The molecule has 1 aliphatic heterocycles. The lowest BCUT2D eigenvalue weighted by Gasteiger charge is -2.25. The molecule has 4 heteroatoms. The molecule has 18 heavy (non-hydrogen) atoms. The van der Waals surface area contributed by atoms with Crippen LogP contribution in [-0.4, -0.2) is 29.7 Å². The van der Waals surface area contributed by atoms with Gasteiger partial charge in [0.25, 0.3) is 0 Å². The van der Waals surface area contributed by atoms with E-state index in [1.54, 1.807) is 0 Å². The van der Waals surface area contributed by atoms with Gasteiger partial charge in [0, 0.05) is 10.1 Å². The molecule has 0 bridgehead atoms. The highest BCUT2D eigenvalue weighted by Gasteiger charge is 2.21. The lowest BCUT2D eigenvalue weighted by Crippen LogP contribution is -2.19. The van der Waals surface area contributed by atoms with E-state index in [9.17, 15) is 5.11 Å². The number of aliphatic hydroxyl groups excluding tert-OH is 1. The summed E-state index contributed by atoms with van der Waals surface area (Å²) < 4.78 is 11.1. The Balaban J connectivity index is 1.66. The molecule has 1 saturated carbocycles. The predicted octanol–water partition coefficient (Wildman–Crippen LogP) is 2.85. The summed E-state index contributed by atoms with van der Waals surface area (Å²) in [6.07, 6.45) is 3.98. The molecule has 0 radical (unpaired) electrons. The van der Waals surface area contributed by atoms with Gasteiger partial charge < -0.3 is 14.6 Å². The van der Waals surface area contributed by atoms with Crippen LogP contribution in [0.25, 0.3) is 0 Å². The predicted molar refractivity (Wildman–Crippen MR) is 71.6 cm³/mol. The summed E-state index contributed by atoms with van der Waals surface area (Å²) in [6, 6.07) is 6.17. The summed E-state index contributed by atoms with van der Waals surface area (Å²) in [5.74, 6) is 1.71. The van der Waals surface area contributed by atoms with Crippen molar-refractivity contribution in [3.8, 4) is 11.5 Å². The molecule has 1 N–H and O–H groups in total. The standard InChI is InChI=1S/C14H18O3S/c15-10-1-3-11(4-2-10)18-12-5-6-13-14(9-12)17-8-7-16-13/h5-6,9-11,15H,1-4,7-8H2. The second kappa shape index (κ2) is 5.41. The van der Waals surface area contributed by atoms with Crippen molar-refractivity contribution in [1.29, 1.82) is 0 Å². The molecule has 0 saturated heterocycles. The van der Waals surface area contributed by atoms with Crippen LogP contribution in [0.4, 0.5) is 0 Å². The third kappa shape index (κ3) is 2.75. The lowest BCUT2D eigenvalue weighted by atomic mass is 9.97. The van der Waals surface area contributed by atoms with Gasteiger partial charge in [0.15, 0.2) is 11.5 Å². The number of aliphatic hydroxyl groups is 1. The molecule has 0 spiro atoms. The molecule has 3 rings (SSSR count). The Kier molecular flexibility index (Phi) is 3.66. The van der Waals surface area contributed by atoms with Crippen LogP contribution in [0.5, 0.6) is 11.5 Å². The van der Waals surface area contributed by atoms with Crippen molar-refractivity contribution in [2.75, 3.05) is 13.2 Å². The van der Waals surface area contributed by atoms with E-state index in [0.29, 0.717) is 18.5 Å². The van der Waals surface area contributed by atoms with Gasteiger partial charge in [-0.25, -0.2) is 0 Å². The van der Waals surface area contributed by atoms with Gasteiger partial charge in [-0.1, -0.05) is 0 Å². The van der Waals surface area contributed by atoms with Crippen LogP contribution < -0.4 is 9.47 Å². The van der Waals surface area contributed by atoms with Gasteiger partial charge in [0.1, 0.15) is 13.2 Å². The quantitative estimate of drug-likeness (QED) is 0.893. The number of rotatable bonds is 2. The Labute approximate surface area is 111 Å². The van der Waals surface area contributed by atoms with E-state index in [4.69, 9.17) is 9.47 Å². The summed E-state index contributed by atoms with van der Waals surface area (Å²) in [5.41, 5.74) is 0. The average molecular weight is 266 g/mol. The minimum atomic E-state index is -0.0814. The largest absolute Gasteiger partial charge is 0.486 e. The van der Waals surface area contributed by atoms with E-state index >= 15 is 0 Å². The van der Waals surface area contributed by atoms with E-state index in [1.807, 2.05) is 17.8 Å². The number of thioether (sulfide) groups is 1. The van der Waals surface area contributed by atoms with Gasteiger partial charge in [-0.15, -0.1) is 11.8 Å². The van der Waals surface area contributed by atoms with Crippen LogP contribution in [0.2, 0.25) is 0 Å². The molecule has 0 unspecified atom stereocenters. The Bertz CT molecular complexity index is 414. The zero-order valence-corrected chi connectivity index (χ0v) is 11.1. The van der Waals surface area contributed by atoms with Gasteiger partial charge in [0.05, 0.1) is 6.10 Å². The summed E-state index contributed by atoms with van der Waals surface area (Å²) in [6.45, 7) is 1.27. The van der Waals surface area contributed by atoms with Gasteiger partial charge >= 0.3 is 0 Å².